The Bertz CT molecular complexity index is 992. The molecule has 1 aliphatic heterocycles. The van der Waals surface area contributed by atoms with Crippen molar-refractivity contribution in [3.8, 4) is 11.5 Å². The van der Waals surface area contributed by atoms with Crippen molar-refractivity contribution in [1.29, 1.82) is 0 Å². The average Bonchev–Trinajstić information content (AvgIpc) is 3.24. The number of rotatable bonds is 7. The van der Waals surface area contributed by atoms with Crippen LogP contribution in [0.15, 0.2) is 48.5 Å². The molecule has 1 saturated heterocycles. The lowest BCUT2D eigenvalue weighted by Crippen LogP contribution is -2.44. The van der Waals surface area contributed by atoms with E-state index >= 15 is 0 Å². The summed E-state index contributed by atoms with van der Waals surface area (Å²) in [5, 5.41) is 5.49. The lowest BCUT2D eigenvalue weighted by molar-refractivity contribution is -0.135. The average molecular weight is 409 g/mol. The zero-order chi connectivity index (χ0) is 21.1. The van der Waals surface area contributed by atoms with E-state index in [4.69, 9.17) is 9.47 Å². The Morgan fingerprint density at radius 3 is 2.80 bits per heavy atom. The van der Waals surface area contributed by atoms with E-state index in [0.29, 0.717) is 24.3 Å². The smallest absolute Gasteiger partial charge is 0.325 e. The van der Waals surface area contributed by atoms with Crippen molar-refractivity contribution in [1.82, 2.24) is 15.5 Å². The zero-order valence-corrected chi connectivity index (χ0v) is 16.6. The molecular formula is C22H23N3O5. The summed E-state index contributed by atoms with van der Waals surface area (Å²) in [7, 11) is 1.57. The van der Waals surface area contributed by atoms with Gasteiger partial charge in [-0.3, -0.25) is 14.5 Å². The van der Waals surface area contributed by atoms with Gasteiger partial charge < -0.3 is 20.1 Å². The van der Waals surface area contributed by atoms with Crippen LogP contribution in [0, 0.1) is 0 Å². The third-order valence-electron chi connectivity index (χ3n) is 5.46. The molecular weight excluding hydrogens is 386 g/mol. The number of aryl methyl sites for hydroxylation is 1. The third-order valence-corrected chi connectivity index (χ3v) is 5.46. The Kier molecular flexibility index (Phi) is 5.31. The molecule has 1 aliphatic carbocycles. The predicted octanol–water partition coefficient (Wildman–Crippen LogP) is 1.58. The van der Waals surface area contributed by atoms with Gasteiger partial charge in [0.25, 0.3) is 5.91 Å². The fraction of sp³-hybridized carbons (Fsp3) is 0.318. The molecule has 2 N–H and O–H groups in total. The minimum absolute atomic E-state index is 0.244. The van der Waals surface area contributed by atoms with Gasteiger partial charge in [-0.05, 0) is 36.1 Å². The van der Waals surface area contributed by atoms with Gasteiger partial charge in [0.15, 0.2) is 0 Å². The first kappa shape index (κ1) is 19.8. The number of carbonyl (C=O) groups is 3. The second kappa shape index (κ2) is 8.06. The van der Waals surface area contributed by atoms with Gasteiger partial charge in [-0.15, -0.1) is 0 Å². The summed E-state index contributed by atoms with van der Waals surface area (Å²) in [6.45, 7) is 0.164. The first-order valence-electron chi connectivity index (χ1n) is 9.79. The van der Waals surface area contributed by atoms with Crippen molar-refractivity contribution in [3.05, 3.63) is 59.7 Å². The second-order valence-corrected chi connectivity index (χ2v) is 7.26. The second-order valence-electron chi connectivity index (χ2n) is 7.26. The molecule has 1 spiro atoms. The number of ether oxygens (including phenoxy) is 2. The molecule has 2 aromatic carbocycles. The molecule has 8 nitrogen and oxygen atoms in total. The lowest BCUT2D eigenvalue weighted by atomic mass is 9.92. The van der Waals surface area contributed by atoms with Crippen LogP contribution in [0.3, 0.4) is 0 Å². The number of hydrogen-bond acceptors (Lipinski definition) is 5. The molecule has 0 radical (unpaired) electrons. The third kappa shape index (κ3) is 3.56. The lowest BCUT2D eigenvalue weighted by Gasteiger charge is -2.22. The minimum atomic E-state index is -1.05. The summed E-state index contributed by atoms with van der Waals surface area (Å²) in [5.74, 6) is 0.508. The molecule has 1 heterocycles. The van der Waals surface area contributed by atoms with E-state index in [-0.39, 0.29) is 25.6 Å². The van der Waals surface area contributed by atoms with Crippen LogP contribution in [0.5, 0.6) is 11.5 Å². The molecule has 4 rings (SSSR count). The van der Waals surface area contributed by atoms with Crippen LogP contribution < -0.4 is 20.1 Å². The van der Waals surface area contributed by atoms with Crippen LogP contribution in [-0.4, -0.2) is 49.6 Å². The molecule has 2 aromatic rings. The predicted molar refractivity (Wildman–Crippen MR) is 108 cm³/mol. The van der Waals surface area contributed by atoms with Gasteiger partial charge in [0.1, 0.15) is 30.2 Å². The number of nitrogens with zero attached hydrogens (tertiary/aromatic N) is 1. The Morgan fingerprint density at radius 2 is 1.97 bits per heavy atom. The van der Waals surface area contributed by atoms with Crippen molar-refractivity contribution in [3.63, 3.8) is 0 Å². The molecule has 1 atom stereocenters. The number of amides is 4. The standard InChI is InChI=1S/C22H23N3O5/c1-29-16-6-4-7-17(13-16)30-12-11-23-19(26)14-25-20(27)22(24-21(25)28)10-9-15-5-2-3-8-18(15)22/h2-8,13H,9-12,14H2,1H3,(H,23,26)(H,24,28). The van der Waals surface area contributed by atoms with Crippen LogP contribution in [0.4, 0.5) is 4.79 Å². The highest BCUT2D eigenvalue weighted by Gasteiger charge is 2.55. The van der Waals surface area contributed by atoms with Crippen molar-refractivity contribution in [2.24, 2.45) is 0 Å². The van der Waals surface area contributed by atoms with Gasteiger partial charge in [0.05, 0.1) is 13.7 Å². The summed E-state index contributed by atoms with van der Waals surface area (Å²) in [4.78, 5) is 38.8. The largest absolute Gasteiger partial charge is 0.497 e. The molecule has 1 fully saturated rings. The fourth-order valence-corrected chi connectivity index (χ4v) is 3.98. The van der Waals surface area contributed by atoms with Gasteiger partial charge in [0, 0.05) is 6.07 Å². The summed E-state index contributed by atoms with van der Waals surface area (Å²) < 4.78 is 10.7. The number of nitrogens with one attached hydrogen (secondary N) is 2. The molecule has 0 aromatic heterocycles. The number of fused-ring (bicyclic) bond motifs is 2. The van der Waals surface area contributed by atoms with Crippen molar-refractivity contribution in [2.75, 3.05) is 26.8 Å². The number of imide groups is 1. The van der Waals surface area contributed by atoms with E-state index in [1.54, 1.807) is 25.3 Å². The number of urea groups is 1. The molecule has 156 valence electrons. The Hall–Kier alpha value is -3.55. The highest BCUT2D eigenvalue weighted by Crippen LogP contribution is 2.41. The number of methoxy groups -OCH3 is 1. The maximum absolute atomic E-state index is 13.0. The number of benzene rings is 2. The molecule has 0 saturated carbocycles. The van der Waals surface area contributed by atoms with Crippen LogP contribution >= 0.6 is 0 Å². The first-order chi connectivity index (χ1) is 14.5. The molecule has 2 aliphatic rings. The summed E-state index contributed by atoms with van der Waals surface area (Å²) in [6.07, 6.45) is 1.22. The van der Waals surface area contributed by atoms with Crippen molar-refractivity contribution in [2.45, 2.75) is 18.4 Å². The fourth-order valence-electron chi connectivity index (χ4n) is 3.98. The highest BCUT2D eigenvalue weighted by molar-refractivity contribution is 6.09. The molecule has 4 amide bonds. The Morgan fingerprint density at radius 1 is 1.17 bits per heavy atom. The Labute approximate surface area is 174 Å². The highest BCUT2D eigenvalue weighted by atomic mass is 16.5. The zero-order valence-electron chi connectivity index (χ0n) is 16.6. The molecule has 30 heavy (non-hydrogen) atoms. The minimum Gasteiger partial charge on any atom is -0.497 e. The molecule has 0 bridgehead atoms. The van der Waals surface area contributed by atoms with Gasteiger partial charge in [-0.2, -0.15) is 0 Å². The van der Waals surface area contributed by atoms with Gasteiger partial charge >= 0.3 is 6.03 Å². The maximum Gasteiger partial charge on any atom is 0.325 e. The monoisotopic (exact) mass is 409 g/mol. The van der Waals surface area contributed by atoms with Crippen LogP contribution in [-0.2, 0) is 21.5 Å². The van der Waals surface area contributed by atoms with E-state index in [0.717, 1.165) is 16.0 Å². The first-order valence-corrected chi connectivity index (χ1v) is 9.79. The van der Waals surface area contributed by atoms with Crippen LogP contribution in [0.2, 0.25) is 0 Å². The van der Waals surface area contributed by atoms with E-state index in [9.17, 15) is 14.4 Å². The topological polar surface area (TPSA) is 97.0 Å². The SMILES string of the molecule is COc1cccc(OCCNC(=O)CN2C(=O)NC3(CCc4ccccc43)C2=O)c1. The Balaban J connectivity index is 1.31. The summed E-state index contributed by atoms with van der Waals surface area (Å²) >= 11 is 0. The van der Waals surface area contributed by atoms with Crippen LogP contribution in [0.25, 0.3) is 0 Å². The summed E-state index contributed by atoms with van der Waals surface area (Å²) in [6, 6.07) is 14.2. The van der Waals surface area contributed by atoms with E-state index in [1.807, 2.05) is 30.3 Å². The van der Waals surface area contributed by atoms with E-state index in [1.165, 1.54) is 0 Å². The van der Waals surface area contributed by atoms with Crippen molar-refractivity contribution >= 4 is 17.8 Å². The van der Waals surface area contributed by atoms with E-state index < -0.39 is 17.5 Å². The van der Waals surface area contributed by atoms with Gasteiger partial charge in [-0.1, -0.05) is 30.3 Å². The number of carbonyl (C=O) groups excluding carboxylic acids is 3. The normalized spacial score (nSPS) is 19.6. The summed E-state index contributed by atoms with van der Waals surface area (Å²) in [5.41, 5.74) is 0.814. The molecule has 8 heteroatoms. The van der Waals surface area contributed by atoms with Gasteiger partial charge in [0.2, 0.25) is 5.91 Å². The quantitative estimate of drug-likeness (QED) is 0.535. The van der Waals surface area contributed by atoms with Gasteiger partial charge in [-0.25, -0.2) is 4.79 Å². The van der Waals surface area contributed by atoms with Crippen molar-refractivity contribution < 1.29 is 23.9 Å². The van der Waals surface area contributed by atoms with E-state index in [2.05, 4.69) is 10.6 Å². The molecule has 1 unspecified atom stereocenters. The van der Waals surface area contributed by atoms with Crippen LogP contribution in [0.1, 0.15) is 17.5 Å². The number of hydrogen-bond donors (Lipinski definition) is 2. The maximum atomic E-state index is 13.0.